The van der Waals surface area contributed by atoms with Gasteiger partial charge >= 0.3 is 6.18 Å². The van der Waals surface area contributed by atoms with Gasteiger partial charge in [-0.25, -0.2) is 28.5 Å². The first-order valence-corrected chi connectivity index (χ1v) is 10.6. The Labute approximate surface area is 180 Å². The highest BCUT2D eigenvalue weighted by atomic mass is 32.2. The maximum absolute atomic E-state index is 13.3. The number of rotatable bonds is 4. The van der Waals surface area contributed by atoms with Crippen LogP contribution in [-0.4, -0.2) is 23.4 Å². The first-order chi connectivity index (χ1) is 15.0. The van der Waals surface area contributed by atoms with Crippen molar-refractivity contribution in [1.82, 2.24) is 15.0 Å². The van der Waals surface area contributed by atoms with Gasteiger partial charge in [-0.1, -0.05) is 18.2 Å². The number of hydrogen-bond donors (Lipinski definition) is 3. The number of benzene rings is 2. The van der Waals surface area contributed by atoms with Gasteiger partial charge in [-0.3, -0.25) is 0 Å². The second-order valence-corrected chi connectivity index (χ2v) is 8.35. The molecule has 0 aliphatic carbocycles. The van der Waals surface area contributed by atoms with Gasteiger partial charge in [0.05, 0.1) is 16.0 Å². The molecule has 4 aromatic rings. The van der Waals surface area contributed by atoms with Crippen molar-refractivity contribution in [1.29, 1.82) is 0 Å². The Morgan fingerprint density at radius 1 is 0.969 bits per heavy atom. The number of sulfonamides is 1. The van der Waals surface area contributed by atoms with Gasteiger partial charge in [-0.2, -0.15) is 13.2 Å². The number of aromatic nitrogens is 3. The SMILES string of the molecule is Nc1ncc(-c2cccc3cnc(Nc4ccc(S(N)(=O)=O)cc4)nc23)cc1C(F)(F)F. The molecule has 0 bridgehead atoms. The maximum Gasteiger partial charge on any atom is 0.419 e. The van der Waals surface area contributed by atoms with Crippen molar-refractivity contribution < 1.29 is 21.6 Å². The predicted octanol–water partition coefficient (Wildman–Crippen LogP) is 3.68. The summed E-state index contributed by atoms with van der Waals surface area (Å²) in [5.74, 6) is -0.450. The first-order valence-electron chi connectivity index (χ1n) is 9.01. The van der Waals surface area contributed by atoms with Crippen molar-refractivity contribution in [3.63, 3.8) is 0 Å². The molecule has 0 saturated heterocycles. The number of nitrogens with two attached hydrogens (primary N) is 2. The summed E-state index contributed by atoms with van der Waals surface area (Å²) in [5.41, 5.74) is 5.86. The molecule has 2 aromatic carbocycles. The van der Waals surface area contributed by atoms with E-state index < -0.39 is 27.6 Å². The van der Waals surface area contributed by atoms with E-state index in [-0.39, 0.29) is 16.4 Å². The molecule has 2 aromatic heterocycles. The topological polar surface area (TPSA) is 137 Å². The second-order valence-electron chi connectivity index (χ2n) is 6.79. The molecule has 0 atom stereocenters. The van der Waals surface area contributed by atoms with E-state index in [9.17, 15) is 21.6 Å². The van der Waals surface area contributed by atoms with Crippen molar-refractivity contribution in [2.24, 2.45) is 5.14 Å². The van der Waals surface area contributed by atoms with E-state index in [0.29, 0.717) is 22.2 Å². The van der Waals surface area contributed by atoms with Gasteiger partial charge in [0.25, 0.3) is 0 Å². The highest BCUT2D eigenvalue weighted by Crippen LogP contribution is 2.36. The lowest BCUT2D eigenvalue weighted by molar-refractivity contribution is -0.137. The fourth-order valence-corrected chi connectivity index (χ4v) is 3.57. The number of nitrogens with one attached hydrogen (secondary N) is 1. The van der Waals surface area contributed by atoms with Gasteiger partial charge in [-0.05, 0) is 30.3 Å². The van der Waals surface area contributed by atoms with Gasteiger partial charge in [0.15, 0.2) is 0 Å². The molecule has 0 aliphatic rings. The lowest BCUT2D eigenvalue weighted by Crippen LogP contribution is -2.11. The minimum Gasteiger partial charge on any atom is -0.383 e. The molecule has 164 valence electrons. The Kier molecular flexibility index (Phi) is 5.18. The summed E-state index contributed by atoms with van der Waals surface area (Å²) in [6.07, 6.45) is -1.88. The van der Waals surface area contributed by atoms with Crippen LogP contribution in [0.5, 0.6) is 0 Å². The highest BCUT2D eigenvalue weighted by molar-refractivity contribution is 7.89. The monoisotopic (exact) mass is 460 g/mol. The van der Waals surface area contributed by atoms with Crippen LogP contribution in [-0.2, 0) is 16.2 Å². The van der Waals surface area contributed by atoms with Gasteiger partial charge < -0.3 is 11.1 Å². The van der Waals surface area contributed by atoms with E-state index in [0.717, 1.165) is 6.07 Å². The zero-order chi connectivity index (χ0) is 23.1. The van der Waals surface area contributed by atoms with Crippen LogP contribution in [0.15, 0.2) is 65.8 Å². The van der Waals surface area contributed by atoms with Crippen LogP contribution < -0.4 is 16.2 Å². The molecule has 12 heteroatoms. The van der Waals surface area contributed by atoms with Crippen molar-refractivity contribution >= 4 is 38.4 Å². The van der Waals surface area contributed by atoms with Crippen LogP contribution in [0.25, 0.3) is 22.0 Å². The number of anilines is 3. The third-order valence-corrected chi connectivity index (χ3v) is 5.51. The number of fused-ring (bicyclic) bond motifs is 1. The van der Waals surface area contributed by atoms with Crippen LogP contribution in [0.4, 0.5) is 30.6 Å². The zero-order valence-electron chi connectivity index (χ0n) is 16.1. The van der Waals surface area contributed by atoms with Crippen molar-refractivity contribution in [3.8, 4) is 11.1 Å². The van der Waals surface area contributed by atoms with E-state index >= 15 is 0 Å². The van der Waals surface area contributed by atoms with Gasteiger partial charge in [0.2, 0.25) is 16.0 Å². The Morgan fingerprint density at radius 3 is 2.34 bits per heavy atom. The predicted molar refractivity (Wildman–Crippen MR) is 113 cm³/mol. The Hall–Kier alpha value is -3.77. The Bertz CT molecular complexity index is 1420. The lowest BCUT2D eigenvalue weighted by Gasteiger charge is -2.13. The largest absolute Gasteiger partial charge is 0.419 e. The van der Waals surface area contributed by atoms with Gasteiger partial charge in [0.1, 0.15) is 5.82 Å². The molecule has 32 heavy (non-hydrogen) atoms. The molecule has 0 fully saturated rings. The molecular weight excluding hydrogens is 445 g/mol. The van der Waals surface area contributed by atoms with Crippen LogP contribution in [0, 0.1) is 0 Å². The summed E-state index contributed by atoms with van der Waals surface area (Å²) in [4.78, 5) is 12.3. The summed E-state index contributed by atoms with van der Waals surface area (Å²) in [6.45, 7) is 0. The molecule has 0 saturated carbocycles. The minimum absolute atomic E-state index is 0.0546. The smallest absolute Gasteiger partial charge is 0.383 e. The zero-order valence-corrected chi connectivity index (χ0v) is 16.9. The van der Waals surface area contributed by atoms with Gasteiger partial charge in [-0.15, -0.1) is 0 Å². The minimum atomic E-state index is -4.65. The molecular formula is C20H15F3N6O2S. The number of primary sulfonamides is 1. The summed E-state index contributed by atoms with van der Waals surface area (Å²) in [6, 6.07) is 11.6. The fourth-order valence-electron chi connectivity index (χ4n) is 3.06. The van der Waals surface area contributed by atoms with Crippen molar-refractivity contribution in [3.05, 3.63) is 66.5 Å². The number of alkyl halides is 3. The first kappa shape index (κ1) is 21.5. The van der Waals surface area contributed by atoms with Crippen molar-refractivity contribution in [2.75, 3.05) is 11.1 Å². The number of para-hydroxylation sites is 1. The van der Waals surface area contributed by atoms with E-state index in [2.05, 4.69) is 20.3 Å². The third kappa shape index (κ3) is 4.31. The van der Waals surface area contributed by atoms with E-state index in [1.165, 1.54) is 36.7 Å². The molecule has 0 radical (unpaired) electrons. The standard InChI is InChI=1S/C20H15F3N6O2S/c21-20(22,23)16-8-12(10-26-18(16)24)15-3-1-2-11-9-27-19(29-17(11)15)28-13-4-6-14(7-5-13)32(25,30)31/h1-10H,(H2,24,26)(H2,25,30,31)(H,27,28,29). The summed E-state index contributed by atoms with van der Waals surface area (Å²) < 4.78 is 62.6. The van der Waals surface area contributed by atoms with E-state index in [1.54, 1.807) is 18.2 Å². The average Bonchev–Trinajstić information content (AvgIpc) is 2.73. The Balaban J connectivity index is 1.75. The number of nitrogen functional groups attached to an aromatic ring is 1. The molecule has 2 heterocycles. The highest BCUT2D eigenvalue weighted by Gasteiger charge is 2.34. The molecule has 0 aliphatic heterocycles. The molecule has 0 unspecified atom stereocenters. The molecule has 8 nitrogen and oxygen atoms in total. The normalized spacial score (nSPS) is 12.1. The quantitative estimate of drug-likeness (QED) is 0.422. The number of hydrogen-bond acceptors (Lipinski definition) is 7. The van der Waals surface area contributed by atoms with E-state index in [1.807, 2.05) is 0 Å². The van der Waals surface area contributed by atoms with Crippen LogP contribution in [0.1, 0.15) is 5.56 Å². The van der Waals surface area contributed by atoms with Crippen LogP contribution >= 0.6 is 0 Å². The number of nitrogens with zero attached hydrogens (tertiary/aromatic N) is 3. The lowest BCUT2D eigenvalue weighted by atomic mass is 10.0. The maximum atomic E-state index is 13.3. The summed E-state index contributed by atoms with van der Waals surface area (Å²) >= 11 is 0. The summed E-state index contributed by atoms with van der Waals surface area (Å²) in [7, 11) is -3.83. The van der Waals surface area contributed by atoms with Gasteiger partial charge in [0, 0.05) is 34.6 Å². The van der Waals surface area contributed by atoms with Crippen LogP contribution in [0.3, 0.4) is 0 Å². The average molecular weight is 460 g/mol. The van der Waals surface area contributed by atoms with Crippen molar-refractivity contribution in [2.45, 2.75) is 11.1 Å². The molecule has 0 amide bonds. The Morgan fingerprint density at radius 2 is 1.69 bits per heavy atom. The van der Waals surface area contributed by atoms with E-state index in [4.69, 9.17) is 10.9 Å². The number of pyridine rings is 1. The second kappa shape index (κ2) is 7.73. The third-order valence-electron chi connectivity index (χ3n) is 4.58. The molecule has 4 rings (SSSR count). The fraction of sp³-hybridized carbons (Fsp3) is 0.0500. The molecule has 5 N–H and O–H groups in total. The number of halogens is 3. The van der Waals surface area contributed by atoms with Crippen LogP contribution in [0.2, 0.25) is 0 Å². The summed E-state index contributed by atoms with van der Waals surface area (Å²) in [5, 5.41) is 8.61. The molecule has 0 spiro atoms.